The first-order valence-electron chi connectivity index (χ1n) is 7.50. The maximum Gasteiger partial charge on any atom is 0.269 e. The number of piperidine rings is 1. The van der Waals surface area contributed by atoms with Crippen molar-refractivity contribution < 1.29 is 18.0 Å². The SMILES string of the molecule is CC(=O)NNC(=O)c1ccc(C)c(S(=O)(=O)N2CCCCC2)c1. The highest BCUT2D eigenvalue weighted by Crippen LogP contribution is 2.24. The van der Waals surface area contributed by atoms with Crippen LogP contribution in [0, 0.1) is 6.92 Å². The third kappa shape index (κ3) is 4.08. The van der Waals surface area contributed by atoms with Gasteiger partial charge in [0.25, 0.3) is 5.91 Å². The Morgan fingerprint density at radius 2 is 1.74 bits per heavy atom. The molecule has 0 aromatic heterocycles. The first-order valence-corrected chi connectivity index (χ1v) is 8.94. The highest BCUT2D eigenvalue weighted by molar-refractivity contribution is 7.89. The van der Waals surface area contributed by atoms with Crippen LogP contribution in [0.5, 0.6) is 0 Å². The zero-order valence-electron chi connectivity index (χ0n) is 13.3. The molecule has 1 heterocycles. The molecule has 126 valence electrons. The van der Waals surface area contributed by atoms with Crippen molar-refractivity contribution in [3.8, 4) is 0 Å². The highest BCUT2D eigenvalue weighted by Gasteiger charge is 2.28. The Bertz CT molecular complexity index is 709. The molecule has 1 saturated heterocycles. The van der Waals surface area contributed by atoms with Crippen molar-refractivity contribution in [1.29, 1.82) is 0 Å². The number of aryl methyl sites for hydroxylation is 1. The molecule has 0 radical (unpaired) electrons. The molecule has 2 rings (SSSR count). The molecule has 0 unspecified atom stereocenters. The number of sulfonamides is 1. The van der Waals surface area contributed by atoms with Gasteiger partial charge in [-0.15, -0.1) is 0 Å². The molecule has 23 heavy (non-hydrogen) atoms. The second-order valence-corrected chi connectivity index (χ2v) is 7.49. The summed E-state index contributed by atoms with van der Waals surface area (Å²) in [5.74, 6) is -0.970. The maximum atomic E-state index is 12.8. The van der Waals surface area contributed by atoms with Gasteiger partial charge in [0.05, 0.1) is 4.90 Å². The summed E-state index contributed by atoms with van der Waals surface area (Å²) >= 11 is 0. The van der Waals surface area contributed by atoms with Gasteiger partial charge in [-0.05, 0) is 37.5 Å². The third-order valence-electron chi connectivity index (χ3n) is 3.74. The summed E-state index contributed by atoms with van der Waals surface area (Å²) in [5, 5.41) is 0. The Balaban J connectivity index is 2.29. The largest absolute Gasteiger partial charge is 0.274 e. The van der Waals surface area contributed by atoms with Crippen LogP contribution in [0.15, 0.2) is 23.1 Å². The number of rotatable bonds is 3. The normalized spacial score (nSPS) is 15.9. The van der Waals surface area contributed by atoms with Crippen LogP contribution in [0.25, 0.3) is 0 Å². The molecule has 0 saturated carbocycles. The molecule has 7 nitrogen and oxygen atoms in total. The van der Waals surface area contributed by atoms with Crippen molar-refractivity contribution in [1.82, 2.24) is 15.2 Å². The number of carbonyl (C=O) groups is 2. The number of nitrogens with zero attached hydrogens (tertiary/aromatic N) is 1. The number of nitrogens with one attached hydrogen (secondary N) is 2. The molecule has 1 aliphatic heterocycles. The Morgan fingerprint density at radius 3 is 2.35 bits per heavy atom. The zero-order valence-corrected chi connectivity index (χ0v) is 14.1. The number of benzene rings is 1. The monoisotopic (exact) mass is 339 g/mol. The fourth-order valence-electron chi connectivity index (χ4n) is 2.48. The molecule has 2 N–H and O–H groups in total. The highest BCUT2D eigenvalue weighted by atomic mass is 32.2. The lowest BCUT2D eigenvalue weighted by Crippen LogP contribution is -2.40. The molecule has 1 fully saturated rings. The van der Waals surface area contributed by atoms with Gasteiger partial charge < -0.3 is 0 Å². The Morgan fingerprint density at radius 1 is 1.09 bits per heavy atom. The van der Waals surface area contributed by atoms with Gasteiger partial charge in [-0.2, -0.15) is 4.31 Å². The second kappa shape index (κ2) is 7.10. The molecule has 8 heteroatoms. The van der Waals surface area contributed by atoms with Crippen molar-refractivity contribution >= 4 is 21.8 Å². The molecule has 1 aliphatic rings. The van der Waals surface area contributed by atoms with Crippen LogP contribution in [-0.2, 0) is 14.8 Å². The van der Waals surface area contributed by atoms with E-state index in [1.54, 1.807) is 13.0 Å². The summed E-state index contributed by atoms with van der Waals surface area (Å²) in [5.41, 5.74) is 5.18. The van der Waals surface area contributed by atoms with E-state index in [4.69, 9.17) is 0 Å². The van der Waals surface area contributed by atoms with Crippen LogP contribution in [0.1, 0.15) is 42.1 Å². The van der Waals surface area contributed by atoms with E-state index in [2.05, 4.69) is 10.9 Å². The Hall–Kier alpha value is -1.93. The number of carbonyl (C=O) groups excluding carboxylic acids is 2. The molecular formula is C15H21N3O4S. The molecule has 2 amide bonds. The predicted octanol–water partition coefficient (Wildman–Crippen LogP) is 0.951. The Labute approximate surface area is 136 Å². The molecular weight excluding hydrogens is 318 g/mol. The molecule has 0 spiro atoms. The maximum absolute atomic E-state index is 12.8. The van der Waals surface area contributed by atoms with Gasteiger partial charge in [0.1, 0.15) is 0 Å². The quantitative estimate of drug-likeness (QED) is 0.802. The Kier molecular flexibility index (Phi) is 5.38. The fourth-order valence-corrected chi connectivity index (χ4v) is 4.25. The van der Waals surface area contributed by atoms with Gasteiger partial charge in [-0.3, -0.25) is 20.4 Å². The number of amides is 2. The zero-order chi connectivity index (χ0) is 17.0. The first-order chi connectivity index (χ1) is 10.8. The second-order valence-electron chi connectivity index (χ2n) is 5.58. The lowest BCUT2D eigenvalue weighted by Gasteiger charge is -2.26. The molecule has 0 aliphatic carbocycles. The summed E-state index contributed by atoms with van der Waals surface area (Å²) in [4.78, 5) is 23.0. The van der Waals surface area contributed by atoms with E-state index in [0.29, 0.717) is 18.7 Å². The first kappa shape index (κ1) is 17.4. The van der Waals surface area contributed by atoms with E-state index in [1.807, 2.05) is 0 Å². The standard InChI is InChI=1S/C15H21N3O4S/c1-11-6-7-13(15(20)17-16-12(2)19)10-14(11)23(21,22)18-8-4-3-5-9-18/h6-7,10H,3-5,8-9H2,1-2H3,(H,16,19)(H,17,20). The molecule has 0 bridgehead atoms. The van der Waals surface area contributed by atoms with Crippen molar-refractivity contribution in [2.45, 2.75) is 38.0 Å². The van der Waals surface area contributed by atoms with Crippen LogP contribution in [0.4, 0.5) is 0 Å². The smallest absolute Gasteiger partial charge is 0.269 e. The molecule has 1 aromatic rings. The summed E-state index contributed by atoms with van der Waals surface area (Å²) in [6.07, 6.45) is 2.73. The van der Waals surface area contributed by atoms with E-state index in [1.165, 1.54) is 23.4 Å². The minimum atomic E-state index is -3.61. The minimum absolute atomic E-state index is 0.134. The van der Waals surface area contributed by atoms with Gasteiger partial charge in [0, 0.05) is 25.6 Å². The molecule has 0 atom stereocenters. The fraction of sp³-hybridized carbons (Fsp3) is 0.467. The number of hydrazine groups is 1. The molecule has 1 aromatic carbocycles. The van der Waals surface area contributed by atoms with E-state index in [0.717, 1.165) is 19.3 Å². The van der Waals surface area contributed by atoms with Crippen molar-refractivity contribution in [3.05, 3.63) is 29.3 Å². The van der Waals surface area contributed by atoms with Gasteiger partial charge >= 0.3 is 0 Å². The summed E-state index contributed by atoms with van der Waals surface area (Å²) < 4.78 is 27.0. The number of hydrogen-bond donors (Lipinski definition) is 2. The summed E-state index contributed by atoms with van der Waals surface area (Å²) in [6, 6.07) is 4.48. The predicted molar refractivity (Wildman–Crippen MR) is 85.1 cm³/mol. The van der Waals surface area contributed by atoms with E-state index < -0.39 is 21.8 Å². The summed E-state index contributed by atoms with van der Waals surface area (Å²) in [6.45, 7) is 3.97. The van der Waals surface area contributed by atoms with Crippen LogP contribution >= 0.6 is 0 Å². The van der Waals surface area contributed by atoms with E-state index in [-0.39, 0.29) is 10.5 Å². The van der Waals surface area contributed by atoms with Crippen molar-refractivity contribution in [2.75, 3.05) is 13.1 Å². The third-order valence-corrected chi connectivity index (χ3v) is 5.78. The minimum Gasteiger partial charge on any atom is -0.274 e. The van der Waals surface area contributed by atoms with Crippen LogP contribution in [-0.4, -0.2) is 37.6 Å². The van der Waals surface area contributed by atoms with E-state index >= 15 is 0 Å². The van der Waals surface area contributed by atoms with Gasteiger partial charge in [-0.25, -0.2) is 8.42 Å². The number of hydrogen-bond acceptors (Lipinski definition) is 4. The van der Waals surface area contributed by atoms with Crippen LogP contribution < -0.4 is 10.9 Å². The average Bonchev–Trinajstić information content (AvgIpc) is 2.53. The van der Waals surface area contributed by atoms with Crippen molar-refractivity contribution in [2.24, 2.45) is 0 Å². The van der Waals surface area contributed by atoms with Crippen LogP contribution in [0.3, 0.4) is 0 Å². The topological polar surface area (TPSA) is 95.6 Å². The lowest BCUT2D eigenvalue weighted by atomic mass is 10.1. The van der Waals surface area contributed by atoms with Gasteiger partial charge in [-0.1, -0.05) is 12.5 Å². The average molecular weight is 339 g/mol. The van der Waals surface area contributed by atoms with Crippen LogP contribution in [0.2, 0.25) is 0 Å². The lowest BCUT2D eigenvalue weighted by molar-refractivity contribution is -0.119. The van der Waals surface area contributed by atoms with Gasteiger partial charge in [0.2, 0.25) is 15.9 Å². The van der Waals surface area contributed by atoms with Crippen molar-refractivity contribution in [3.63, 3.8) is 0 Å². The van der Waals surface area contributed by atoms with E-state index in [9.17, 15) is 18.0 Å². The van der Waals surface area contributed by atoms with Gasteiger partial charge in [0.15, 0.2) is 0 Å². The summed E-state index contributed by atoms with van der Waals surface area (Å²) in [7, 11) is -3.61.